The average Bonchev–Trinajstić information content (AvgIpc) is 2.46. The van der Waals surface area contributed by atoms with Crippen LogP contribution in [-0.4, -0.2) is 44.6 Å². The molecule has 0 saturated carbocycles. The Bertz CT molecular complexity index is 628. The Morgan fingerprint density at radius 3 is 2.71 bits per heavy atom. The number of carbonyl (C=O) groups excluding carboxylic acids is 1. The number of nitrogens with zero attached hydrogens (tertiary/aromatic N) is 1. The van der Waals surface area contributed by atoms with Gasteiger partial charge in [-0.3, -0.25) is 4.79 Å². The summed E-state index contributed by atoms with van der Waals surface area (Å²) in [5.74, 6) is 0.203. The van der Waals surface area contributed by atoms with Crippen molar-refractivity contribution in [1.82, 2.24) is 4.90 Å². The first-order chi connectivity index (χ1) is 9.82. The van der Waals surface area contributed by atoms with Gasteiger partial charge in [-0.2, -0.15) is 0 Å². The molecule has 0 aliphatic carbocycles. The molecule has 2 atom stereocenters. The molecule has 0 radical (unpaired) electrons. The summed E-state index contributed by atoms with van der Waals surface area (Å²) in [7, 11) is -3.31. The van der Waals surface area contributed by atoms with Crippen LogP contribution in [0.4, 0.5) is 0 Å². The first-order valence-electron chi connectivity index (χ1n) is 7.14. The van der Waals surface area contributed by atoms with Crippen LogP contribution >= 0.6 is 0 Å². The number of benzene rings is 1. The van der Waals surface area contributed by atoms with Crippen molar-refractivity contribution in [3.05, 3.63) is 29.8 Å². The number of hydrogen-bond acceptors (Lipinski definition) is 4. The van der Waals surface area contributed by atoms with Gasteiger partial charge in [0.05, 0.1) is 4.90 Å². The minimum absolute atomic E-state index is 0.119. The second kappa shape index (κ2) is 6.15. The van der Waals surface area contributed by atoms with Gasteiger partial charge in [0.25, 0.3) is 5.91 Å². The van der Waals surface area contributed by atoms with Crippen molar-refractivity contribution in [3.8, 4) is 0 Å². The minimum atomic E-state index is -3.31. The normalized spacial score (nSPS) is 23.1. The third-order valence-electron chi connectivity index (χ3n) is 4.08. The SMILES string of the molecule is CC1CCC(CN)CN1C(=O)c1cccc(S(C)(=O)=O)c1. The molecule has 2 N–H and O–H groups in total. The molecule has 1 aromatic rings. The number of rotatable bonds is 3. The third-order valence-corrected chi connectivity index (χ3v) is 5.19. The van der Waals surface area contributed by atoms with E-state index in [-0.39, 0.29) is 16.8 Å². The molecule has 6 heteroatoms. The van der Waals surface area contributed by atoms with E-state index in [1.165, 1.54) is 12.1 Å². The van der Waals surface area contributed by atoms with Crippen LogP contribution in [0.3, 0.4) is 0 Å². The molecule has 1 saturated heterocycles. The molecule has 116 valence electrons. The highest BCUT2D eigenvalue weighted by Crippen LogP contribution is 2.23. The molecule has 2 unspecified atom stereocenters. The Balaban J connectivity index is 2.27. The van der Waals surface area contributed by atoms with Crippen molar-refractivity contribution in [1.29, 1.82) is 0 Å². The molecule has 1 aliphatic rings. The fourth-order valence-corrected chi connectivity index (χ4v) is 3.35. The number of nitrogens with two attached hydrogens (primary N) is 1. The van der Waals surface area contributed by atoms with Gasteiger partial charge in [-0.05, 0) is 50.4 Å². The van der Waals surface area contributed by atoms with E-state index in [0.717, 1.165) is 19.1 Å². The van der Waals surface area contributed by atoms with Crippen LogP contribution < -0.4 is 5.73 Å². The molecule has 1 fully saturated rings. The monoisotopic (exact) mass is 310 g/mol. The second-order valence-electron chi connectivity index (χ2n) is 5.79. The topological polar surface area (TPSA) is 80.5 Å². The predicted molar refractivity (Wildman–Crippen MR) is 81.8 cm³/mol. The highest BCUT2D eigenvalue weighted by molar-refractivity contribution is 7.90. The largest absolute Gasteiger partial charge is 0.336 e. The highest BCUT2D eigenvalue weighted by atomic mass is 32.2. The van der Waals surface area contributed by atoms with Gasteiger partial charge in [0.1, 0.15) is 0 Å². The van der Waals surface area contributed by atoms with Crippen LogP contribution in [0.1, 0.15) is 30.1 Å². The van der Waals surface area contributed by atoms with Gasteiger partial charge in [-0.1, -0.05) is 6.07 Å². The molecule has 5 nitrogen and oxygen atoms in total. The standard InChI is InChI=1S/C15H22N2O3S/c1-11-6-7-12(9-16)10-17(11)15(18)13-4-3-5-14(8-13)21(2,19)20/h3-5,8,11-12H,6-7,9-10,16H2,1-2H3. The third kappa shape index (κ3) is 3.63. The van der Waals surface area contributed by atoms with Gasteiger partial charge >= 0.3 is 0 Å². The Labute approximate surface area is 126 Å². The summed E-state index contributed by atoms with van der Waals surface area (Å²) >= 11 is 0. The number of piperidine rings is 1. The van der Waals surface area contributed by atoms with E-state index in [9.17, 15) is 13.2 Å². The maximum Gasteiger partial charge on any atom is 0.254 e. The van der Waals surface area contributed by atoms with Crippen LogP contribution in [-0.2, 0) is 9.84 Å². The summed E-state index contributed by atoms with van der Waals surface area (Å²) in [5.41, 5.74) is 6.13. The lowest BCUT2D eigenvalue weighted by Gasteiger charge is -2.37. The summed E-state index contributed by atoms with van der Waals surface area (Å²) in [6, 6.07) is 6.39. The van der Waals surface area contributed by atoms with Crippen LogP contribution in [0.25, 0.3) is 0 Å². The van der Waals surface area contributed by atoms with Crippen LogP contribution in [0.2, 0.25) is 0 Å². The number of sulfone groups is 1. The molecule has 1 aliphatic heterocycles. The first-order valence-corrected chi connectivity index (χ1v) is 9.03. The number of amides is 1. The molecule has 2 rings (SSSR count). The molecule has 0 aromatic heterocycles. The lowest BCUT2D eigenvalue weighted by molar-refractivity contribution is 0.0566. The van der Waals surface area contributed by atoms with Gasteiger partial charge in [0.2, 0.25) is 0 Å². The molecular formula is C15H22N2O3S. The molecule has 0 spiro atoms. The molecule has 1 amide bonds. The van der Waals surface area contributed by atoms with Crippen molar-refractivity contribution in [3.63, 3.8) is 0 Å². The van der Waals surface area contributed by atoms with E-state index in [4.69, 9.17) is 5.73 Å². The smallest absolute Gasteiger partial charge is 0.254 e. The van der Waals surface area contributed by atoms with Gasteiger partial charge in [0, 0.05) is 24.4 Å². The van der Waals surface area contributed by atoms with Crippen molar-refractivity contribution in [2.75, 3.05) is 19.3 Å². The maximum absolute atomic E-state index is 12.6. The van der Waals surface area contributed by atoms with E-state index in [0.29, 0.717) is 24.6 Å². The van der Waals surface area contributed by atoms with E-state index in [1.54, 1.807) is 12.1 Å². The van der Waals surface area contributed by atoms with Gasteiger partial charge in [0.15, 0.2) is 9.84 Å². The van der Waals surface area contributed by atoms with E-state index in [1.807, 2.05) is 11.8 Å². The van der Waals surface area contributed by atoms with Gasteiger partial charge < -0.3 is 10.6 Å². The fourth-order valence-electron chi connectivity index (χ4n) is 2.68. The van der Waals surface area contributed by atoms with E-state index >= 15 is 0 Å². The highest BCUT2D eigenvalue weighted by Gasteiger charge is 2.29. The zero-order valence-corrected chi connectivity index (χ0v) is 13.3. The van der Waals surface area contributed by atoms with Crippen LogP contribution in [0, 0.1) is 5.92 Å². The van der Waals surface area contributed by atoms with Crippen molar-refractivity contribution < 1.29 is 13.2 Å². The lowest BCUT2D eigenvalue weighted by atomic mass is 9.93. The number of likely N-dealkylation sites (tertiary alicyclic amines) is 1. The predicted octanol–water partition coefficient (Wildman–Crippen LogP) is 1.29. The first kappa shape index (κ1) is 16.0. The quantitative estimate of drug-likeness (QED) is 0.912. The summed E-state index contributed by atoms with van der Waals surface area (Å²) in [5, 5.41) is 0. The van der Waals surface area contributed by atoms with Crippen LogP contribution in [0.5, 0.6) is 0 Å². The van der Waals surface area contributed by atoms with Gasteiger partial charge in [-0.25, -0.2) is 8.42 Å². The molecular weight excluding hydrogens is 288 g/mol. The molecule has 0 bridgehead atoms. The molecule has 21 heavy (non-hydrogen) atoms. The fraction of sp³-hybridized carbons (Fsp3) is 0.533. The molecule has 1 heterocycles. The summed E-state index contributed by atoms with van der Waals surface area (Å²) < 4.78 is 23.2. The zero-order valence-electron chi connectivity index (χ0n) is 12.5. The molecule has 1 aromatic carbocycles. The van der Waals surface area contributed by atoms with E-state index in [2.05, 4.69) is 0 Å². The van der Waals surface area contributed by atoms with Gasteiger partial charge in [-0.15, -0.1) is 0 Å². The number of carbonyl (C=O) groups is 1. The average molecular weight is 310 g/mol. The summed E-state index contributed by atoms with van der Waals surface area (Å²) in [6.45, 7) is 3.23. The van der Waals surface area contributed by atoms with Crippen molar-refractivity contribution in [2.45, 2.75) is 30.7 Å². The summed E-state index contributed by atoms with van der Waals surface area (Å²) in [6.07, 6.45) is 3.11. The maximum atomic E-state index is 12.6. The Morgan fingerprint density at radius 1 is 1.38 bits per heavy atom. The Kier molecular flexibility index (Phi) is 4.68. The van der Waals surface area contributed by atoms with Crippen molar-refractivity contribution >= 4 is 15.7 Å². The minimum Gasteiger partial charge on any atom is -0.336 e. The Morgan fingerprint density at radius 2 is 2.10 bits per heavy atom. The summed E-state index contributed by atoms with van der Waals surface area (Å²) in [4.78, 5) is 14.6. The Hall–Kier alpha value is -1.40. The second-order valence-corrected chi connectivity index (χ2v) is 7.80. The zero-order chi connectivity index (χ0) is 15.6. The van der Waals surface area contributed by atoms with E-state index < -0.39 is 9.84 Å². The van der Waals surface area contributed by atoms with Crippen LogP contribution in [0.15, 0.2) is 29.2 Å². The van der Waals surface area contributed by atoms with Crippen molar-refractivity contribution in [2.24, 2.45) is 11.7 Å². The lowest BCUT2D eigenvalue weighted by Crippen LogP contribution is -2.47. The number of hydrogen-bond donors (Lipinski definition) is 1.